The minimum Gasteiger partial charge on any atom is -0.458 e. The average Bonchev–Trinajstić information content (AvgIpc) is 3.27. The molecule has 23 heavy (non-hydrogen) atoms. The second kappa shape index (κ2) is 10.2. The molecule has 2 aliphatic rings. The molecule has 126 valence electrons. The number of carbonyl (C=O) groups is 1. The minimum atomic E-state index is -0.156. The fourth-order valence-corrected chi connectivity index (χ4v) is 2.52. The second-order valence-corrected chi connectivity index (χ2v) is 5.97. The SMILES string of the molecule is CC/C=C\C/C=C\C[C@@H]1O[C@@H]1/C=C/[C@H]1C/C=C\CCCC(=O)O1. The molecule has 0 bridgehead atoms. The van der Waals surface area contributed by atoms with E-state index in [1.807, 2.05) is 12.2 Å². The maximum absolute atomic E-state index is 11.6. The van der Waals surface area contributed by atoms with Crippen molar-refractivity contribution >= 4 is 5.97 Å². The first-order valence-corrected chi connectivity index (χ1v) is 8.78. The topological polar surface area (TPSA) is 38.8 Å². The Hall–Kier alpha value is -1.61. The van der Waals surface area contributed by atoms with Crippen LogP contribution < -0.4 is 0 Å². The predicted molar refractivity (Wildman–Crippen MR) is 93.1 cm³/mol. The standard InChI is InChI=1S/C20H28O3/c1-2-3-4-5-6-10-13-18-19(23-18)16-15-17-12-9-7-8-11-14-20(21)22-17/h3-4,6-7,9-10,15-19H,2,5,8,11-14H2,1H3/b4-3-,9-7-,10-6-,16-15+/t17-,18+,19-/m1/s1. The molecule has 1 fully saturated rings. The van der Waals surface area contributed by atoms with Gasteiger partial charge < -0.3 is 9.47 Å². The van der Waals surface area contributed by atoms with Gasteiger partial charge in [-0.1, -0.05) is 49.5 Å². The third-order valence-electron chi connectivity index (χ3n) is 3.92. The summed E-state index contributed by atoms with van der Waals surface area (Å²) in [5, 5.41) is 0. The zero-order valence-corrected chi connectivity index (χ0v) is 14.0. The van der Waals surface area contributed by atoms with Crippen LogP contribution in [0, 0.1) is 0 Å². The minimum absolute atomic E-state index is 0.0975. The van der Waals surface area contributed by atoms with Crippen molar-refractivity contribution in [1.82, 2.24) is 0 Å². The Labute approximate surface area is 139 Å². The van der Waals surface area contributed by atoms with Crippen LogP contribution in [0.5, 0.6) is 0 Å². The number of allylic oxidation sites excluding steroid dienone is 4. The number of hydrogen-bond donors (Lipinski definition) is 0. The molecule has 0 aromatic carbocycles. The molecule has 3 nitrogen and oxygen atoms in total. The van der Waals surface area contributed by atoms with Gasteiger partial charge >= 0.3 is 5.97 Å². The molecule has 0 N–H and O–H groups in total. The van der Waals surface area contributed by atoms with Gasteiger partial charge in [0, 0.05) is 12.8 Å². The Kier molecular flexibility index (Phi) is 7.88. The second-order valence-electron chi connectivity index (χ2n) is 5.97. The van der Waals surface area contributed by atoms with Gasteiger partial charge in [-0.15, -0.1) is 0 Å². The van der Waals surface area contributed by atoms with E-state index < -0.39 is 0 Å². The molecule has 0 spiro atoms. The fourth-order valence-electron chi connectivity index (χ4n) is 2.52. The number of ether oxygens (including phenoxy) is 2. The van der Waals surface area contributed by atoms with Gasteiger partial charge in [-0.2, -0.15) is 0 Å². The number of epoxide rings is 1. The molecule has 0 unspecified atom stereocenters. The monoisotopic (exact) mass is 316 g/mol. The number of cyclic esters (lactones) is 1. The fraction of sp³-hybridized carbons (Fsp3) is 0.550. The van der Waals surface area contributed by atoms with E-state index in [9.17, 15) is 4.79 Å². The number of hydrogen-bond acceptors (Lipinski definition) is 3. The summed E-state index contributed by atoms with van der Waals surface area (Å²) in [4.78, 5) is 11.6. The van der Waals surface area contributed by atoms with Gasteiger partial charge in [0.25, 0.3) is 0 Å². The van der Waals surface area contributed by atoms with Gasteiger partial charge in [-0.05, 0) is 38.2 Å². The van der Waals surface area contributed by atoms with Crippen molar-refractivity contribution in [3.63, 3.8) is 0 Å². The molecule has 0 saturated carbocycles. The molecule has 2 rings (SSSR count). The van der Waals surface area contributed by atoms with Crippen LogP contribution in [0.4, 0.5) is 0 Å². The summed E-state index contributed by atoms with van der Waals surface area (Å²) in [7, 11) is 0. The highest BCUT2D eigenvalue weighted by molar-refractivity contribution is 5.69. The van der Waals surface area contributed by atoms with Crippen molar-refractivity contribution < 1.29 is 14.3 Å². The summed E-state index contributed by atoms with van der Waals surface area (Å²) >= 11 is 0. The highest BCUT2D eigenvalue weighted by atomic mass is 16.6. The van der Waals surface area contributed by atoms with Crippen LogP contribution in [-0.4, -0.2) is 24.3 Å². The van der Waals surface area contributed by atoms with Crippen molar-refractivity contribution in [2.45, 2.75) is 70.2 Å². The van der Waals surface area contributed by atoms with E-state index >= 15 is 0 Å². The number of rotatable bonds is 7. The molecule has 3 heteroatoms. The number of esters is 1. The lowest BCUT2D eigenvalue weighted by Gasteiger charge is -2.11. The summed E-state index contributed by atoms with van der Waals surface area (Å²) in [6, 6.07) is 0. The van der Waals surface area contributed by atoms with Crippen LogP contribution in [0.15, 0.2) is 48.6 Å². The average molecular weight is 316 g/mol. The van der Waals surface area contributed by atoms with Crippen LogP contribution in [0.3, 0.4) is 0 Å². The maximum Gasteiger partial charge on any atom is 0.306 e. The lowest BCUT2D eigenvalue weighted by molar-refractivity contribution is -0.146. The van der Waals surface area contributed by atoms with Gasteiger partial charge in [0.05, 0.1) is 6.10 Å². The third-order valence-corrected chi connectivity index (χ3v) is 3.92. The van der Waals surface area contributed by atoms with Gasteiger partial charge in [0.2, 0.25) is 0 Å². The van der Waals surface area contributed by atoms with E-state index in [4.69, 9.17) is 9.47 Å². The Balaban J connectivity index is 1.69. The lowest BCUT2D eigenvalue weighted by Crippen LogP contribution is -2.15. The van der Waals surface area contributed by atoms with Crippen LogP contribution >= 0.6 is 0 Å². The maximum atomic E-state index is 11.6. The van der Waals surface area contributed by atoms with E-state index in [2.05, 4.69) is 43.4 Å². The summed E-state index contributed by atoms with van der Waals surface area (Å²) in [6.07, 6.45) is 23.4. The van der Waals surface area contributed by atoms with Crippen molar-refractivity contribution in [2.24, 2.45) is 0 Å². The Bertz CT molecular complexity index is 473. The van der Waals surface area contributed by atoms with Crippen molar-refractivity contribution in [2.75, 3.05) is 0 Å². The quantitative estimate of drug-likeness (QED) is 0.390. The molecule has 2 aliphatic heterocycles. The van der Waals surface area contributed by atoms with E-state index in [0.717, 1.165) is 38.5 Å². The Morgan fingerprint density at radius 3 is 2.91 bits per heavy atom. The van der Waals surface area contributed by atoms with Crippen LogP contribution in [0.25, 0.3) is 0 Å². The van der Waals surface area contributed by atoms with Gasteiger partial charge in [-0.3, -0.25) is 4.79 Å². The third kappa shape index (κ3) is 7.47. The summed E-state index contributed by atoms with van der Waals surface area (Å²) < 4.78 is 11.1. The van der Waals surface area contributed by atoms with Crippen molar-refractivity contribution in [1.29, 1.82) is 0 Å². The molecule has 0 aromatic rings. The largest absolute Gasteiger partial charge is 0.458 e. The molecule has 2 heterocycles. The Morgan fingerprint density at radius 2 is 2.04 bits per heavy atom. The molecule has 3 atom stereocenters. The van der Waals surface area contributed by atoms with E-state index in [0.29, 0.717) is 6.42 Å². The zero-order chi connectivity index (χ0) is 16.3. The van der Waals surface area contributed by atoms with Crippen LogP contribution in [0.2, 0.25) is 0 Å². The number of carbonyl (C=O) groups excluding carboxylic acids is 1. The van der Waals surface area contributed by atoms with E-state index in [-0.39, 0.29) is 24.3 Å². The van der Waals surface area contributed by atoms with Crippen molar-refractivity contribution in [3.8, 4) is 0 Å². The van der Waals surface area contributed by atoms with Crippen LogP contribution in [0.1, 0.15) is 51.9 Å². The summed E-state index contributed by atoms with van der Waals surface area (Å²) in [6.45, 7) is 2.14. The molecular weight excluding hydrogens is 288 g/mol. The molecular formula is C20H28O3. The molecule has 0 aliphatic carbocycles. The summed E-state index contributed by atoms with van der Waals surface area (Å²) in [5.41, 5.74) is 0. The first-order valence-electron chi connectivity index (χ1n) is 8.78. The predicted octanol–water partition coefficient (Wildman–Crippen LogP) is 4.65. The summed E-state index contributed by atoms with van der Waals surface area (Å²) in [5.74, 6) is -0.0975. The lowest BCUT2D eigenvalue weighted by atomic mass is 10.1. The molecule has 0 radical (unpaired) electrons. The highest BCUT2D eigenvalue weighted by Crippen LogP contribution is 2.27. The molecule has 1 saturated heterocycles. The van der Waals surface area contributed by atoms with Gasteiger partial charge in [0.1, 0.15) is 12.2 Å². The smallest absolute Gasteiger partial charge is 0.306 e. The highest BCUT2D eigenvalue weighted by Gasteiger charge is 2.35. The first-order chi connectivity index (χ1) is 11.3. The first kappa shape index (κ1) is 17.7. The molecule has 0 aromatic heterocycles. The van der Waals surface area contributed by atoms with Crippen molar-refractivity contribution in [3.05, 3.63) is 48.6 Å². The molecule has 0 amide bonds. The normalized spacial score (nSPS) is 30.3. The van der Waals surface area contributed by atoms with Gasteiger partial charge in [-0.25, -0.2) is 0 Å². The van der Waals surface area contributed by atoms with E-state index in [1.54, 1.807) is 0 Å². The van der Waals surface area contributed by atoms with Crippen LogP contribution in [-0.2, 0) is 14.3 Å². The zero-order valence-electron chi connectivity index (χ0n) is 14.0. The Morgan fingerprint density at radius 1 is 1.17 bits per heavy atom. The van der Waals surface area contributed by atoms with E-state index in [1.165, 1.54) is 0 Å². The van der Waals surface area contributed by atoms with Gasteiger partial charge in [0.15, 0.2) is 0 Å².